The molecule has 0 heterocycles. The summed E-state index contributed by atoms with van der Waals surface area (Å²) in [5.74, 6) is -0.966. The minimum atomic E-state index is -0.440. The van der Waals surface area contributed by atoms with Crippen LogP contribution in [0.15, 0.2) is 83.3 Å². The third kappa shape index (κ3) is 3.71. The molecule has 0 aromatic heterocycles. The van der Waals surface area contributed by atoms with Gasteiger partial charge in [0.05, 0.1) is 11.6 Å². The van der Waals surface area contributed by atoms with Gasteiger partial charge in [-0.3, -0.25) is 4.79 Å². The average Bonchev–Trinajstić information content (AvgIpc) is 2.60. The predicted octanol–water partition coefficient (Wildman–Crippen LogP) is 5.36. The summed E-state index contributed by atoms with van der Waals surface area (Å²) in [7, 11) is 0. The number of rotatable bonds is 4. The predicted molar refractivity (Wildman–Crippen MR) is 97.5 cm³/mol. The van der Waals surface area contributed by atoms with Crippen molar-refractivity contribution >= 4 is 27.5 Å². The average molecular weight is 384 g/mol. The van der Waals surface area contributed by atoms with Crippen LogP contribution in [0.5, 0.6) is 0 Å². The third-order valence-electron chi connectivity index (χ3n) is 3.72. The molecule has 3 rings (SSSR count). The molecule has 0 unspecified atom stereocenters. The van der Waals surface area contributed by atoms with Crippen LogP contribution in [0.2, 0.25) is 0 Å². The van der Waals surface area contributed by atoms with Crippen molar-refractivity contribution in [2.45, 2.75) is 5.92 Å². The molecule has 1 N–H and O–H groups in total. The maximum Gasteiger partial charge on any atom is 0.236 e. The Bertz CT molecular complexity index is 797. The SMILES string of the molecule is O=C(Nc1ccc(F)cc1Br)C(c1ccccc1)c1ccccc1. The number of hydrogen-bond acceptors (Lipinski definition) is 1. The maximum absolute atomic E-state index is 13.2. The number of amides is 1. The van der Waals surface area contributed by atoms with Gasteiger partial charge in [0.2, 0.25) is 5.91 Å². The number of halogens is 2. The standard InChI is InChI=1S/C20H15BrFNO/c21-17-13-16(22)11-12-18(17)23-20(24)19(14-7-3-1-4-8-14)15-9-5-2-6-10-15/h1-13,19H,(H,23,24). The lowest BCUT2D eigenvalue weighted by atomic mass is 9.90. The van der Waals surface area contributed by atoms with Crippen LogP contribution in [-0.2, 0) is 4.79 Å². The van der Waals surface area contributed by atoms with Crippen LogP contribution in [0.1, 0.15) is 17.0 Å². The van der Waals surface area contributed by atoms with Crippen LogP contribution in [0.25, 0.3) is 0 Å². The zero-order chi connectivity index (χ0) is 16.9. The fraction of sp³-hybridized carbons (Fsp3) is 0.0500. The molecule has 0 bridgehead atoms. The molecule has 1 amide bonds. The van der Waals surface area contributed by atoms with E-state index >= 15 is 0 Å². The van der Waals surface area contributed by atoms with Crippen LogP contribution in [0.4, 0.5) is 10.1 Å². The third-order valence-corrected chi connectivity index (χ3v) is 4.37. The Kier molecular flexibility index (Phi) is 5.06. The van der Waals surface area contributed by atoms with E-state index in [9.17, 15) is 9.18 Å². The summed E-state index contributed by atoms with van der Waals surface area (Å²) < 4.78 is 13.7. The molecule has 3 aromatic carbocycles. The normalized spacial score (nSPS) is 10.6. The monoisotopic (exact) mass is 383 g/mol. The number of hydrogen-bond donors (Lipinski definition) is 1. The summed E-state index contributed by atoms with van der Waals surface area (Å²) in [5.41, 5.74) is 2.34. The molecule has 120 valence electrons. The Labute approximate surface area is 148 Å². The summed E-state index contributed by atoms with van der Waals surface area (Å²) in [5, 5.41) is 2.88. The molecule has 0 aliphatic carbocycles. The van der Waals surface area contributed by atoms with Gasteiger partial charge in [0.15, 0.2) is 0 Å². The minimum Gasteiger partial charge on any atom is -0.324 e. The number of benzene rings is 3. The smallest absolute Gasteiger partial charge is 0.236 e. The lowest BCUT2D eigenvalue weighted by Gasteiger charge is -2.18. The summed E-state index contributed by atoms with van der Waals surface area (Å²) in [4.78, 5) is 12.9. The van der Waals surface area contributed by atoms with Gasteiger partial charge in [0, 0.05) is 4.47 Å². The summed E-state index contributed by atoms with van der Waals surface area (Å²) in [6.45, 7) is 0. The molecule has 0 atom stereocenters. The molecule has 0 spiro atoms. The van der Waals surface area contributed by atoms with Gasteiger partial charge in [-0.05, 0) is 45.3 Å². The second-order valence-electron chi connectivity index (χ2n) is 5.37. The lowest BCUT2D eigenvalue weighted by molar-refractivity contribution is -0.116. The summed E-state index contributed by atoms with van der Waals surface area (Å²) in [6, 6.07) is 23.4. The molecule has 2 nitrogen and oxygen atoms in total. The van der Waals surface area contributed by atoms with Crippen LogP contribution < -0.4 is 5.32 Å². The van der Waals surface area contributed by atoms with Gasteiger partial charge in [0.25, 0.3) is 0 Å². The Balaban J connectivity index is 1.95. The van der Waals surface area contributed by atoms with Crippen LogP contribution in [0, 0.1) is 5.82 Å². The van der Waals surface area contributed by atoms with Crippen molar-refractivity contribution in [2.75, 3.05) is 5.32 Å². The molecule has 0 saturated carbocycles. The van der Waals surface area contributed by atoms with E-state index in [1.54, 1.807) is 6.07 Å². The molecule has 0 aliphatic heterocycles. The fourth-order valence-electron chi connectivity index (χ4n) is 2.58. The van der Waals surface area contributed by atoms with Gasteiger partial charge in [0.1, 0.15) is 5.82 Å². The van der Waals surface area contributed by atoms with E-state index in [-0.39, 0.29) is 11.7 Å². The molecule has 3 aromatic rings. The topological polar surface area (TPSA) is 29.1 Å². The van der Waals surface area contributed by atoms with Gasteiger partial charge in [-0.25, -0.2) is 4.39 Å². The number of carbonyl (C=O) groups is 1. The molecule has 4 heteroatoms. The zero-order valence-electron chi connectivity index (χ0n) is 12.7. The summed E-state index contributed by atoms with van der Waals surface area (Å²) in [6.07, 6.45) is 0. The highest BCUT2D eigenvalue weighted by Crippen LogP contribution is 2.29. The molecule has 0 fully saturated rings. The first-order valence-electron chi connectivity index (χ1n) is 7.51. The number of carbonyl (C=O) groups excluding carboxylic acids is 1. The van der Waals surface area contributed by atoms with Crippen LogP contribution in [0.3, 0.4) is 0 Å². The van der Waals surface area contributed by atoms with E-state index in [1.165, 1.54) is 12.1 Å². The van der Waals surface area contributed by atoms with E-state index in [0.29, 0.717) is 10.2 Å². The van der Waals surface area contributed by atoms with Crippen molar-refractivity contribution in [3.05, 3.63) is 100 Å². The minimum absolute atomic E-state index is 0.167. The molecule has 24 heavy (non-hydrogen) atoms. The Morgan fingerprint density at radius 3 is 1.92 bits per heavy atom. The Morgan fingerprint density at radius 1 is 0.875 bits per heavy atom. The maximum atomic E-state index is 13.2. The fourth-order valence-corrected chi connectivity index (χ4v) is 3.03. The van der Waals surface area contributed by atoms with Gasteiger partial charge < -0.3 is 5.32 Å². The van der Waals surface area contributed by atoms with Crippen molar-refractivity contribution in [3.63, 3.8) is 0 Å². The van der Waals surface area contributed by atoms with Gasteiger partial charge in [-0.1, -0.05) is 60.7 Å². The first kappa shape index (κ1) is 16.4. The van der Waals surface area contributed by atoms with E-state index in [0.717, 1.165) is 11.1 Å². The first-order valence-corrected chi connectivity index (χ1v) is 8.30. The van der Waals surface area contributed by atoms with Crippen molar-refractivity contribution < 1.29 is 9.18 Å². The van der Waals surface area contributed by atoms with Crippen molar-refractivity contribution in [1.82, 2.24) is 0 Å². The molecule has 0 aliphatic rings. The zero-order valence-corrected chi connectivity index (χ0v) is 14.3. The van der Waals surface area contributed by atoms with Crippen molar-refractivity contribution in [1.29, 1.82) is 0 Å². The second-order valence-corrected chi connectivity index (χ2v) is 6.22. The molecule has 0 radical (unpaired) electrons. The van der Waals surface area contributed by atoms with E-state index in [4.69, 9.17) is 0 Å². The highest BCUT2D eigenvalue weighted by Gasteiger charge is 2.23. The van der Waals surface area contributed by atoms with Crippen LogP contribution >= 0.6 is 15.9 Å². The molecular weight excluding hydrogens is 369 g/mol. The second kappa shape index (κ2) is 7.41. The lowest BCUT2D eigenvalue weighted by Crippen LogP contribution is -2.22. The summed E-state index contributed by atoms with van der Waals surface area (Å²) >= 11 is 3.28. The van der Waals surface area contributed by atoms with Gasteiger partial charge >= 0.3 is 0 Å². The van der Waals surface area contributed by atoms with Crippen molar-refractivity contribution in [3.8, 4) is 0 Å². The molecule has 0 saturated heterocycles. The van der Waals surface area contributed by atoms with E-state index in [1.807, 2.05) is 60.7 Å². The van der Waals surface area contributed by atoms with E-state index < -0.39 is 5.92 Å². The quantitative estimate of drug-likeness (QED) is 0.645. The highest BCUT2D eigenvalue weighted by atomic mass is 79.9. The van der Waals surface area contributed by atoms with Gasteiger partial charge in [-0.2, -0.15) is 0 Å². The number of nitrogens with one attached hydrogen (secondary N) is 1. The van der Waals surface area contributed by atoms with Gasteiger partial charge in [-0.15, -0.1) is 0 Å². The van der Waals surface area contributed by atoms with E-state index in [2.05, 4.69) is 21.2 Å². The van der Waals surface area contributed by atoms with Crippen molar-refractivity contribution in [2.24, 2.45) is 0 Å². The Hall–Kier alpha value is -2.46. The molecular formula is C20H15BrFNO. The highest BCUT2D eigenvalue weighted by molar-refractivity contribution is 9.10. The Morgan fingerprint density at radius 2 is 1.42 bits per heavy atom. The van der Waals surface area contributed by atoms with Crippen LogP contribution in [-0.4, -0.2) is 5.91 Å². The largest absolute Gasteiger partial charge is 0.324 e. The number of anilines is 1. The first-order chi connectivity index (χ1) is 11.6.